The highest BCUT2D eigenvalue weighted by molar-refractivity contribution is 5.91. The van der Waals surface area contributed by atoms with Gasteiger partial charge in [0.15, 0.2) is 5.60 Å². The van der Waals surface area contributed by atoms with Crippen LogP contribution in [-0.4, -0.2) is 67.7 Å². The van der Waals surface area contributed by atoms with Gasteiger partial charge in [0.05, 0.1) is 28.5 Å². The molecule has 7 rings (SSSR count). The van der Waals surface area contributed by atoms with Crippen molar-refractivity contribution in [3.8, 4) is 17.1 Å². The molecule has 4 aliphatic heterocycles. The minimum absolute atomic E-state index is 0. The molecule has 6 unspecified atom stereocenters. The Morgan fingerprint density at radius 2 is 1.75 bits per heavy atom. The number of hydrogen-bond acceptors (Lipinski definition) is 8. The minimum Gasteiger partial charge on any atom is -0.455 e. The van der Waals surface area contributed by atoms with Crippen LogP contribution in [0.25, 0.3) is 22.3 Å². The number of carbonyl (C=O) groups is 2. The van der Waals surface area contributed by atoms with Crippen molar-refractivity contribution in [2.24, 2.45) is 5.92 Å². The molecule has 4 aliphatic rings. The average Bonchev–Trinajstić information content (AvgIpc) is 3.37. The Morgan fingerprint density at radius 3 is 2.38 bits per heavy atom. The zero-order valence-corrected chi connectivity index (χ0v) is 35.3. The van der Waals surface area contributed by atoms with Crippen LogP contribution in [-0.2, 0) is 19.9 Å². The number of nitrogens with zero attached hydrogens (tertiary/aromatic N) is 4. The third-order valence-electron chi connectivity index (χ3n) is 14.0. The van der Waals surface area contributed by atoms with Gasteiger partial charge in [-0.05, 0) is 123 Å². The number of rotatable bonds is 6. The molecule has 772 valence electrons. The third-order valence-corrected chi connectivity index (χ3v) is 14.0. The van der Waals surface area contributed by atoms with Crippen LogP contribution in [0.3, 0.4) is 0 Å². The monoisotopic (exact) mass is 1230 g/mol. The Morgan fingerprint density at radius 1 is 1.04 bits per heavy atom. The normalized spacial score (nSPS) is 29.9. The Kier molecular flexibility index (Phi) is 9.84. The van der Waals surface area contributed by atoms with Crippen molar-refractivity contribution >= 4 is 23.0 Å². The zero-order valence-electron chi connectivity index (χ0n) is 35.3. The quantitative estimate of drug-likeness (QED) is 0.225. The number of likely N-dealkylation sites (tertiary alicyclic amines) is 2. The largest absolute Gasteiger partial charge is 0.455 e. The highest BCUT2D eigenvalue weighted by Gasteiger charge is 2.53. The maximum atomic E-state index is 14.5. The van der Waals surface area contributed by atoms with E-state index in [9.17, 15) is 14.4 Å². The number of carbonyl (C=O) groups excluding carboxylic acids is 2. The number of benzene rings is 1. The van der Waals surface area contributed by atoms with Crippen LogP contribution >= 0.6 is 0 Å². The molecule has 2 fully saturated rings. The van der Waals surface area contributed by atoms with Gasteiger partial charge in [0.2, 0.25) is 0 Å². The predicted octanol–water partition coefficient (Wildman–Crippen LogP) is 67.7. The molecular formula is C45H536N4O6. The standard InChI is InChI=1S/C45H62N4O6.237H2/c1-14-19-45(53-13)32-23-35-39-37(28(7)47(35)40(50)38(32)29(8)54-41(45)51)36(24(2)3)31-22-30(17-18-33(31)46-39)55-42(52)49-26(5)21-34(27(6)44(49,11)12)48-25(4)16-15-20-43(48,9)10;;;;;;;;;;;;;;;;;;;;;;;;;;;;;;;;;;;;;;;;;;;;;;;;;;;;;;;;;;;;;;;;;;;;;;;;;;;;;;;;;;;;;;;;;;;;;;;;;;;;;;;;;;;;;;;;;;;;;;;;;;;;;;;;;;;;;;;;;;;;;;;;;;;;;;;;;;;;;;;;;;;;;;;;;;;;;;;;;;;;;;;;;;;;;;;;;;;;;;;;;;;;;;;;;;;;;;;;;;;;;;;;;;;;;;;;;;;;;/h17-18,22-29,34H,14-16,19-21H2,1-13H3;237*1H/t25?,26?,27?,28?,29?,34?,45-;;;;;;;;;;;;;;;;;;;;;;;;;;;;;;;;;;;;;;;;;;;;;;;;;;;;;;;;;;;;;;;;;;;;;;;;;;;;;;;;;;;;;;;;;;;;;;;;;;;;;;;;;;;;;;;;;;;;;;;;;;;;;;;;;;;;;;;;;;;;;;;;;;;;;;;;;;;;;;;;;;;;;;;;;;;;;;;;;;;;;;;;;;;;;;;;;;;;;;;;;;;;;;;;;;;;;;;;;;;;;;;;;;;;;;;;;;;;;/m0............................................................................................................................................................................................................................................./s1. The summed E-state index contributed by atoms with van der Waals surface area (Å²) in [5, 5.41) is 0.890. The molecule has 10 heteroatoms. The lowest BCUT2D eigenvalue weighted by molar-refractivity contribution is -0.182. The number of aromatic nitrogens is 2. The average molecular weight is 1230 g/mol. The van der Waals surface area contributed by atoms with Gasteiger partial charge in [0.1, 0.15) is 11.9 Å². The van der Waals surface area contributed by atoms with Gasteiger partial charge in [-0.1, -0.05) is 40.5 Å². The maximum absolute atomic E-state index is 14.5. The molecule has 6 heterocycles. The number of amides is 1. The molecule has 0 bridgehead atoms. The summed E-state index contributed by atoms with van der Waals surface area (Å²) in [6, 6.07) is 8.14. The first-order valence-corrected chi connectivity index (χ1v) is 20.7. The number of cyclic esters (lactones) is 1. The molecule has 3 aromatic rings. The van der Waals surface area contributed by atoms with Gasteiger partial charge >= 0.3 is 12.1 Å². The first kappa shape index (κ1) is 39.5. The second-order valence-corrected chi connectivity index (χ2v) is 18.5. The van der Waals surface area contributed by atoms with E-state index in [-0.39, 0.29) is 379 Å². The minimum atomic E-state index is -1.37. The summed E-state index contributed by atoms with van der Waals surface area (Å²) in [5.74, 6) is 0.290. The van der Waals surface area contributed by atoms with Crippen molar-refractivity contribution in [1.82, 2.24) is 19.4 Å². The van der Waals surface area contributed by atoms with Crippen molar-refractivity contribution in [2.75, 3.05) is 7.11 Å². The number of ether oxygens (including phenoxy) is 3. The number of hydrogen-bond donors (Lipinski definition) is 0. The second kappa shape index (κ2) is 13.7. The molecule has 0 radical (unpaired) electrons. The van der Waals surface area contributed by atoms with E-state index in [1.165, 1.54) is 26.4 Å². The van der Waals surface area contributed by atoms with E-state index < -0.39 is 23.2 Å². The molecular weight excluding hydrogens is 693 g/mol. The number of methoxy groups -OCH3 is 1. The molecule has 1 aromatic carbocycles. The maximum Gasteiger partial charge on any atom is 0.415 e. The topological polar surface area (TPSA) is 103 Å². The summed E-state index contributed by atoms with van der Waals surface area (Å²) < 4.78 is 19.8. The SMILES string of the molecule is CCC[C@@]1(OC)C(=O)OC(C)c2c1cc1n(c2=O)C(C)c2c-1nc1ccc(OC(=O)N3C(C)CC(N4C(C)CCCC4(C)C)C(C)C3(C)C)cc1c2C(C)C.[HH].[HH].[HH].[HH].[HH].[HH].[HH].[HH].[HH].[HH].[HH].[HH].[HH].[HH].[HH].[HH].[HH].[HH].[HH].[HH].[HH].[HH].[HH].[HH].[HH].[HH].[HH].[HH].[HH].[HH].[HH].[HH].[HH].[HH].[HH].[HH].[HH].[HH].[HH].[HH].[HH].[HH].[HH].[HH].[HH].[HH].[HH].[HH].[HH].[HH].[HH].[HH].[HH].[HH].[HH].[HH].[HH].[HH].[HH].[HH].[HH].[HH].[HH].[HH].[HH].[HH].[HH].[HH].[HH].[HH].[HH].[HH].[HH].[HH].[HH].[HH].[HH].[HH].[HH].[HH].[HH].[HH].[HH].[HH].[HH].[HH].[HH].[HH].[HH].[HH].[HH].[HH].[HH].[HH].[HH].[HH].[HH].[HH].[HH].[HH].[HH].[HH].[HH].[HH].[HH].[HH].[HH].[HH].[HH].[HH].[HH].[HH].[HH].[HH].[HH].[HH].[HH].[HH].[HH].[HH].[HH].[HH].[HH].[HH].[HH].[HH].[HH].[HH].[HH].[HH].[HH].[HH].[HH].[HH].[HH].[HH].[HH].[HH].[HH].[HH].[HH].[HH].[HH].[HH].[HH].[HH].[HH].[HH].[HH].[HH].[HH].[HH].[HH].[HH].[HH].[HH].[HH].[HH].[HH].[HH].[HH].[HH].[HH].[HH].[HH].[HH].[HH].[HH].[HH].[HH].[HH].[HH].[HH].[HH].[HH].[HH].[HH].[HH].[HH].[HH].[HH].[HH].[HH].[HH].[HH].[HH].[HH].[HH].[HH].[HH].[HH].[HH].[HH].[HH].[HH].[HH].[HH].[HH].[HH].[HH].[HH].[HH].[HH].[HH].[HH].[HH].[HH].[HH].[HH].[HH].[HH].[HH].[HH].[HH].[HH].[HH].[HH].[HH].[HH].[HH].[HH].[HH].[HH].[HH].[HH].[HH].[HH].[HH].[HH].[HH].[HH].[HH].[HH].[HH].[HH].[HH].[HH]. The molecule has 0 N–H and O–H groups in total. The Hall–Kier alpha value is -3.76. The van der Waals surface area contributed by atoms with E-state index in [1.807, 2.05) is 43.0 Å². The highest BCUT2D eigenvalue weighted by atomic mass is 16.6. The van der Waals surface area contributed by atoms with Crippen LogP contribution in [0.15, 0.2) is 29.1 Å². The third kappa shape index (κ3) is 5.86. The first-order chi connectivity index (χ1) is 25.8. The summed E-state index contributed by atoms with van der Waals surface area (Å²) >= 11 is 0. The van der Waals surface area contributed by atoms with Crippen molar-refractivity contribution in [3.05, 3.63) is 56.9 Å². The van der Waals surface area contributed by atoms with Crippen molar-refractivity contribution in [3.63, 3.8) is 0 Å². The molecule has 10 nitrogen and oxygen atoms in total. The van der Waals surface area contributed by atoms with Crippen molar-refractivity contribution in [1.29, 1.82) is 0 Å². The lowest BCUT2D eigenvalue weighted by Gasteiger charge is -2.60. The Bertz CT molecular complexity index is 2310. The van der Waals surface area contributed by atoms with Crippen LogP contribution in [0.4, 0.5) is 4.79 Å². The molecule has 1 amide bonds. The Balaban J connectivity index is -0.000000000686. The fraction of sp³-hybridized carbons (Fsp3) is 0.644. The molecule has 0 saturated carbocycles. The van der Waals surface area contributed by atoms with Gasteiger partial charge in [0, 0.05) is 391 Å². The molecule has 55 heavy (non-hydrogen) atoms. The van der Waals surface area contributed by atoms with Gasteiger partial charge in [-0.25, -0.2) is 14.6 Å². The van der Waals surface area contributed by atoms with E-state index in [4.69, 9.17) is 19.2 Å². The van der Waals surface area contributed by atoms with E-state index in [0.717, 1.165) is 34.1 Å². The predicted molar refractivity (Wildman–Crippen MR) is 717 cm³/mol. The first-order valence-electron chi connectivity index (χ1n) is 20.7. The van der Waals surface area contributed by atoms with E-state index in [0.29, 0.717) is 47.5 Å². The number of pyridine rings is 2. The molecule has 2 aromatic heterocycles. The lowest BCUT2D eigenvalue weighted by Crippen LogP contribution is -2.69. The van der Waals surface area contributed by atoms with Crippen LogP contribution in [0.2, 0.25) is 0 Å². The molecule has 7 atom stereocenters. The zero-order chi connectivity index (χ0) is 40.1. The van der Waals surface area contributed by atoms with Crippen molar-refractivity contribution < 1.29 is 362 Å². The summed E-state index contributed by atoms with van der Waals surface area (Å²) in [5.41, 5.74) is 3.29. The summed E-state index contributed by atoms with van der Waals surface area (Å²) in [4.78, 5) is 52.1. The number of esters is 1. The van der Waals surface area contributed by atoms with Gasteiger partial charge in [-0.3, -0.25) is 19.2 Å². The van der Waals surface area contributed by atoms with Gasteiger partial charge in [0.25, 0.3) is 5.56 Å². The fourth-order valence-corrected chi connectivity index (χ4v) is 11.3. The Labute approximate surface area is 678 Å². The second-order valence-electron chi connectivity index (χ2n) is 18.5. The van der Waals surface area contributed by atoms with Crippen LogP contribution < -0.4 is 10.3 Å². The number of fused-ring (bicyclic) bond motifs is 5. The van der Waals surface area contributed by atoms with E-state index in [1.54, 1.807) is 11.5 Å². The molecule has 2 saturated heterocycles. The van der Waals surface area contributed by atoms with E-state index >= 15 is 0 Å². The smallest absolute Gasteiger partial charge is 0.415 e. The van der Waals surface area contributed by atoms with Crippen molar-refractivity contribution in [2.45, 2.75) is 174 Å². The summed E-state index contributed by atoms with van der Waals surface area (Å²) in [6.45, 7) is 26.0. The van der Waals surface area contributed by atoms with Gasteiger partial charge < -0.3 is 14.2 Å². The molecule has 0 spiro atoms. The van der Waals surface area contributed by atoms with Crippen LogP contribution in [0.1, 0.15) is 500 Å². The van der Waals surface area contributed by atoms with E-state index in [2.05, 4.69) is 67.2 Å². The lowest BCUT2D eigenvalue weighted by atomic mass is 9.71. The highest BCUT2D eigenvalue weighted by Crippen LogP contribution is 2.49. The number of piperidine rings is 2. The fourth-order valence-electron chi connectivity index (χ4n) is 11.3. The summed E-state index contributed by atoms with van der Waals surface area (Å²) in [7, 11) is 1.51. The van der Waals surface area contributed by atoms with Crippen LogP contribution in [0.5, 0.6) is 5.75 Å². The summed E-state index contributed by atoms with van der Waals surface area (Å²) in [6.07, 6.45) is 4.54. The van der Waals surface area contributed by atoms with Gasteiger partial charge in [-0.15, -0.1) is 0 Å². The molecule has 0 aliphatic carbocycles. The van der Waals surface area contributed by atoms with Crippen LogP contribution in [0, 0.1) is 5.92 Å². The van der Waals surface area contributed by atoms with Gasteiger partial charge in [-0.2, -0.15) is 0 Å².